The number of carbonyl (C=O) groups is 2. The second kappa shape index (κ2) is 8.57. The topological polar surface area (TPSA) is 67.4 Å². The Hall–Kier alpha value is -2.34. The number of aryl methyl sites for hydroxylation is 1. The van der Waals surface area contributed by atoms with Gasteiger partial charge in [0.1, 0.15) is 5.75 Å². The van der Waals surface area contributed by atoms with Crippen molar-refractivity contribution in [2.45, 2.75) is 33.1 Å². The van der Waals surface area contributed by atoms with Crippen molar-refractivity contribution in [1.29, 1.82) is 0 Å². The molecule has 6 heteroatoms. The quantitative estimate of drug-likeness (QED) is 0.638. The fourth-order valence-electron chi connectivity index (χ4n) is 2.63. The lowest BCUT2D eigenvalue weighted by Gasteiger charge is -2.14. The monoisotopic (exact) mass is 430 g/mol. The summed E-state index contributed by atoms with van der Waals surface area (Å²) < 4.78 is 6.49. The number of anilines is 2. The van der Waals surface area contributed by atoms with Gasteiger partial charge in [-0.1, -0.05) is 28.9 Å². The summed E-state index contributed by atoms with van der Waals surface area (Å²) in [6.45, 7) is 4.49. The van der Waals surface area contributed by atoms with Crippen LogP contribution in [-0.4, -0.2) is 18.4 Å². The van der Waals surface area contributed by atoms with E-state index in [-0.39, 0.29) is 17.7 Å². The van der Waals surface area contributed by atoms with Crippen LogP contribution in [0.4, 0.5) is 11.4 Å². The highest BCUT2D eigenvalue weighted by atomic mass is 79.9. The summed E-state index contributed by atoms with van der Waals surface area (Å²) in [6.07, 6.45) is 2.76. The minimum atomic E-state index is -0.259. The van der Waals surface area contributed by atoms with E-state index < -0.39 is 0 Å². The first-order valence-electron chi connectivity index (χ1n) is 9.13. The molecule has 1 fully saturated rings. The molecule has 0 aliphatic heterocycles. The van der Waals surface area contributed by atoms with Gasteiger partial charge in [-0.25, -0.2) is 0 Å². The summed E-state index contributed by atoms with van der Waals surface area (Å²) in [7, 11) is 0. The molecule has 1 saturated carbocycles. The van der Waals surface area contributed by atoms with Gasteiger partial charge in [-0.2, -0.15) is 0 Å². The SMILES string of the molecule is CCCOc1ccc(Br)cc1C(=O)Nc1ccc(C)c(NC(=O)C2CC2)c1. The highest BCUT2D eigenvalue weighted by Crippen LogP contribution is 2.31. The summed E-state index contributed by atoms with van der Waals surface area (Å²) in [6, 6.07) is 10.9. The number of halogens is 1. The molecule has 142 valence electrons. The molecule has 5 nitrogen and oxygen atoms in total. The molecular formula is C21H23BrN2O3. The Balaban J connectivity index is 1.77. The molecule has 2 N–H and O–H groups in total. The van der Waals surface area contributed by atoms with Crippen LogP contribution in [0.15, 0.2) is 40.9 Å². The van der Waals surface area contributed by atoms with E-state index in [2.05, 4.69) is 26.6 Å². The number of hydrogen-bond donors (Lipinski definition) is 2. The number of benzene rings is 2. The van der Waals surface area contributed by atoms with Crippen molar-refractivity contribution < 1.29 is 14.3 Å². The summed E-state index contributed by atoms with van der Waals surface area (Å²) in [4.78, 5) is 24.8. The molecule has 0 spiro atoms. The fraction of sp³-hybridized carbons (Fsp3) is 0.333. The molecular weight excluding hydrogens is 408 g/mol. The number of rotatable bonds is 7. The standard InChI is InChI=1S/C21H23BrN2O3/c1-3-10-27-19-9-7-15(22)11-17(19)21(26)23-16-8-4-13(2)18(12-16)24-20(25)14-5-6-14/h4,7-9,11-12,14H,3,5-6,10H2,1-2H3,(H,23,26)(H,24,25). The molecule has 2 aromatic rings. The maximum absolute atomic E-state index is 12.8. The molecule has 1 aliphatic carbocycles. The second-order valence-electron chi connectivity index (χ2n) is 6.74. The van der Waals surface area contributed by atoms with Gasteiger partial charge in [-0.05, 0) is 62.1 Å². The number of carbonyl (C=O) groups excluding carboxylic acids is 2. The Labute approximate surface area is 167 Å². The first-order chi connectivity index (χ1) is 13.0. The van der Waals surface area contributed by atoms with Crippen LogP contribution in [0, 0.1) is 12.8 Å². The zero-order valence-corrected chi connectivity index (χ0v) is 17.1. The van der Waals surface area contributed by atoms with Gasteiger partial charge < -0.3 is 15.4 Å². The predicted octanol–water partition coefficient (Wildman–Crippen LogP) is 5.15. The minimum absolute atomic E-state index is 0.0452. The summed E-state index contributed by atoms with van der Waals surface area (Å²) in [5.41, 5.74) is 2.76. The van der Waals surface area contributed by atoms with Crippen LogP contribution in [0.3, 0.4) is 0 Å². The van der Waals surface area contributed by atoms with Gasteiger partial charge in [0, 0.05) is 21.8 Å². The first-order valence-corrected chi connectivity index (χ1v) is 9.92. The van der Waals surface area contributed by atoms with Gasteiger partial charge in [0.25, 0.3) is 5.91 Å². The number of hydrogen-bond acceptors (Lipinski definition) is 3. The molecule has 2 aromatic carbocycles. The minimum Gasteiger partial charge on any atom is -0.493 e. The molecule has 1 aliphatic rings. The van der Waals surface area contributed by atoms with Crippen molar-refractivity contribution in [3.63, 3.8) is 0 Å². The van der Waals surface area contributed by atoms with Gasteiger partial charge in [0.05, 0.1) is 12.2 Å². The van der Waals surface area contributed by atoms with Crippen LogP contribution in [0.1, 0.15) is 42.1 Å². The molecule has 0 bridgehead atoms. The molecule has 0 radical (unpaired) electrons. The van der Waals surface area contributed by atoms with E-state index in [1.807, 2.05) is 32.0 Å². The third kappa shape index (κ3) is 5.10. The van der Waals surface area contributed by atoms with Gasteiger partial charge in [0.2, 0.25) is 5.91 Å². The van der Waals surface area contributed by atoms with Crippen LogP contribution < -0.4 is 15.4 Å². The van der Waals surface area contributed by atoms with E-state index in [4.69, 9.17) is 4.74 Å². The Morgan fingerprint density at radius 2 is 1.93 bits per heavy atom. The molecule has 0 heterocycles. The van der Waals surface area contributed by atoms with Gasteiger partial charge in [0.15, 0.2) is 0 Å². The first kappa shape index (κ1) is 19.4. The number of nitrogens with one attached hydrogen (secondary N) is 2. The maximum Gasteiger partial charge on any atom is 0.259 e. The Kier molecular flexibility index (Phi) is 6.16. The van der Waals surface area contributed by atoms with E-state index in [9.17, 15) is 9.59 Å². The Bertz CT molecular complexity index is 863. The lowest BCUT2D eigenvalue weighted by Crippen LogP contribution is -2.16. The number of amides is 2. The van der Waals surface area contributed by atoms with E-state index in [0.29, 0.717) is 23.6 Å². The Morgan fingerprint density at radius 1 is 1.15 bits per heavy atom. The van der Waals surface area contributed by atoms with Crippen LogP contribution >= 0.6 is 15.9 Å². The van der Waals surface area contributed by atoms with Crippen molar-refractivity contribution in [3.05, 3.63) is 52.0 Å². The zero-order valence-electron chi connectivity index (χ0n) is 15.5. The van der Waals surface area contributed by atoms with E-state index in [0.717, 1.165) is 35.0 Å². The molecule has 0 saturated heterocycles. The molecule has 3 rings (SSSR count). The average Bonchev–Trinajstić information content (AvgIpc) is 3.48. The number of ether oxygens (including phenoxy) is 1. The van der Waals surface area contributed by atoms with Crippen LogP contribution in [0.5, 0.6) is 5.75 Å². The second-order valence-corrected chi connectivity index (χ2v) is 7.65. The van der Waals surface area contributed by atoms with Crippen molar-refractivity contribution >= 4 is 39.1 Å². The predicted molar refractivity (Wildman–Crippen MR) is 110 cm³/mol. The zero-order chi connectivity index (χ0) is 19.4. The summed E-state index contributed by atoms with van der Waals surface area (Å²) in [5, 5.41) is 5.85. The van der Waals surface area contributed by atoms with E-state index in [1.165, 1.54) is 0 Å². The normalized spacial score (nSPS) is 13.1. The van der Waals surface area contributed by atoms with E-state index >= 15 is 0 Å². The Morgan fingerprint density at radius 3 is 2.63 bits per heavy atom. The van der Waals surface area contributed by atoms with Crippen LogP contribution in [0.25, 0.3) is 0 Å². The third-order valence-electron chi connectivity index (χ3n) is 4.35. The maximum atomic E-state index is 12.8. The van der Waals surface area contributed by atoms with Crippen molar-refractivity contribution in [1.82, 2.24) is 0 Å². The molecule has 27 heavy (non-hydrogen) atoms. The molecule has 0 atom stereocenters. The van der Waals surface area contributed by atoms with Gasteiger partial charge >= 0.3 is 0 Å². The van der Waals surface area contributed by atoms with Gasteiger partial charge in [-0.3, -0.25) is 9.59 Å². The largest absolute Gasteiger partial charge is 0.493 e. The smallest absolute Gasteiger partial charge is 0.259 e. The van der Waals surface area contributed by atoms with Gasteiger partial charge in [-0.15, -0.1) is 0 Å². The molecule has 2 amide bonds. The van der Waals surface area contributed by atoms with Crippen molar-refractivity contribution in [3.8, 4) is 5.75 Å². The summed E-state index contributed by atoms with van der Waals surface area (Å²) in [5.74, 6) is 0.462. The fourth-order valence-corrected chi connectivity index (χ4v) is 2.99. The summed E-state index contributed by atoms with van der Waals surface area (Å²) >= 11 is 3.40. The lowest BCUT2D eigenvalue weighted by atomic mass is 10.1. The third-order valence-corrected chi connectivity index (χ3v) is 4.84. The van der Waals surface area contributed by atoms with Crippen LogP contribution in [-0.2, 0) is 4.79 Å². The van der Waals surface area contributed by atoms with Crippen molar-refractivity contribution in [2.75, 3.05) is 17.2 Å². The van der Waals surface area contributed by atoms with E-state index in [1.54, 1.807) is 18.2 Å². The highest BCUT2D eigenvalue weighted by molar-refractivity contribution is 9.10. The molecule has 0 aromatic heterocycles. The molecule has 0 unspecified atom stereocenters. The lowest BCUT2D eigenvalue weighted by molar-refractivity contribution is -0.117. The average molecular weight is 431 g/mol. The van der Waals surface area contributed by atoms with Crippen LogP contribution in [0.2, 0.25) is 0 Å². The highest BCUT2D eigenvalue weighted by Gasteiger charge is 2.29. The van der Waals surface area contributed by atoms with Crippen molar-refractivity contribution in [2.24, 2.45) is 5.92 Å².